The number of pyridine rings is 1. The van der Waals surface area contributed by atoms with E-state index in [0.717, 1.165) is 0 Å². The number of hydrogen-bond donors (Lipinski definition) is 4. The molecule has 1 atom stereocenters. The number of carbonyl (C=O) groups is 2. The normalized spacial score (nSPS) is 11.4. The number of carbonyl (C=O) groups excluding carboxylic acids is 1. The Hall–Kier alpha value is -3.98. The van der Waals surface area contributed by atoms with Crippen LogP contribution < -0.4 is 20.9 Å². The van der Waals surface area contributed by atoms with Crippen LogP contribution >= 0.6 is 11.6 Å². The van der Waals surface area contributed by atoms with E-state index in [4.69, 9.17) is 16.3 Å². The predicted molar refractivity (Wildman–Crippen MR) is 118 cm³/mol. The Bertz CT molecular complexity index is 1210. The summed E-state index contributed by atoms with van der Waals surface area (Å²) in [6, 6.07) is 12.8. The van der Waals surface area contributed by atoms with Gasteiger partial charge >= 0.3 is 12.0 Å². The number of rotatable bonds is 7. The van der Waals surface area contributed by atoms with Gasteiger partial charge in [0.2, 0.25) is 0 Å². The first-order valence-electron chi connectivity index (χ1n) is 9.45. The third-order valence-electron chi connectivity index (χ3n) is 4.49. The topological polar surface area (TPSA) is 130 Å². The van der Waals surface area contributed by atoms with Crippen molar-refractivity contribution in [1.82, 2.24) is 9.88 Å². The number of anilines is 1. The predicted octanol–water partition coefficient (Wildman–Crippen LogP) is 3.87. The lowest BCUT2D eigenvalue weighted by Crippen LogP contribution is -2.35. The Morgan fingerprint density at radius 2 is 1.91 bits per heavy atom. The number of carboxylic acids is 1. The molecule has 166 valence electrons. The minimum Gasteiger partial charge on any atom is -0.505 e. The number of nitrogens with zero attached hydrogens (tertiary/aromatic N) is 1. The summed E-state index contributed by atoms with van der Waals surface area (Å²) in [5.74, 6) is -0.746. The number of aryl methyl sites for hydroxylation is 1. The molecular formula is C22H20ClN3O6. The summed E-state index contributed by atoms with van der Waals surface area (Å²) < 4.78 is 6.95. The molecule has 1 aromatic heterocycles. The highest BCUT2D eigenvalue weighted by molar-refractivity contribution is 6.32. The first-order chi connectivity index (χ1) is 15.2. The number of halogens is 1. The van der Waals surface area contributed by atoms with Crippen molar-refractivity contribution in [3.8, 4) is 17.2 Å². The molecule has 0 bridgehead atoms. The van der Waals surface area contributed by atoms with Crippen LogP contribution in [0.4, 0.5) is 10.5 Å². The fourth-order valence-corrected chi connectivity index (χ4v) is 3.10. The maximum Gasteiger partial charge on any atom is 0.319 e. The minimum absolute atomic E-state index is 0.322. The summed E-state index contributed by atoms with van der Waals surface area (Å²) in [5, 5.41) is 24.4. The van der Waals surface area contributed by atoms with Crippen LogP contribution in [0.1, 0.15) is 18.0 Å². The van der Waals surface area contributed by atoms with Crippen LogP contribution in [0.3, 0.4) is 0 Å². The molecule has 0 unspecified atom stereocenters. The average molecular weight is 458 g/mol. The zero-order valence-electron chi connectivity index (χ0n) is 16.9. The molecule has 3 rings (SSSR count). The summed E-state index contributed by atoms with van der Waals surface area (Å²) in [6.45, 7) is 0. The van der Waals surface area contributed by atoms with Gasteiger partial charge in [0.05, 0.1) is 17.5 Å². The second-order valence-electron chi connectivity index (χ2n) is 6.85. The molecule has 0 radical (unpaired) electrons. The SMILES string of the molecule is Cn1ccc(O)c(NC(=O)N[C@@H](CC(=O)O)c2cccc(Oc3ccccc3Cl)c2)c1=O. The third-order valence-corrected chi connectivity index (χ3v) is 4.81. The van der Waals surface area contributed by atoms with Crippen molar-refractivity contribution in [1.29, 1.82) is 0 Å². The van der Waals surface area contributed by atoms with Gasteiger partial charge in [0.15, 0.2) is 5.69 Å². The fourth-order valence-electron chi connectivity index (χ4n) is 2.92. The van der Waals surface area contributed by atoms with E-state index in [1.807, 2.05) is 0 Å². The van der Waals surface area contributed by atoms with E-state index in [1.165, 1.54) is 23.9 Å². The molecular weight excluding hydrogens is 438 g/mol. The van der Waals surface area contributed by atoms with Crippen LogP contribution in [0, 0.1) is 0 Å². The van der Waals surface area contributed by atoms with E-state index in [2.05, 4.69) is 10.6 Å². The van der Waals surface area contributed by atoms with Crippen molar-refractivity contribution in [2.45, 2.75) is 12.5 Å². The van der Waals surface area contributed by atoms with Gasteiger partial charge in [-0.2, -0.15) is 0 Å². The van der Waals surface area contributed by atoms with Gasteiger partial charge in [-0.05, 0) is 35.9 Å². The zero-order chi connectivity index (χ0) is 23.3. The van der Waals surface area contributed by atoms with Crippen molar-refractivity contribution in [2.75, 3.05) is 5.32 Å². The van der Waals surface area contributed by atoms with Gasteiger partial charge < -0.3 is 30.2 Å². The van der Waals surface area contributed by atoms with Gasteiger partial charge in [0.1, 0.15) is 17.2 Å². The lowest BCUT2D eigenvalue weighted by Gasteiger charge is -2.19. The molecule has 4 N–H and O–H groups in total. The number of ether oxygens (including phenoxy) is 1. The molecule has 9 nitrogen and oxygen atoms in total. The number of aromatic hydroxyl groups is 1. The van der Waals surface area contributed by atoms with Gasteiger partial charge in [-0.15, -0.1) is 0 Å². The Kier molecular flexibility index (Phi) is 7.01. The highest BCUT2D eigenvalue weighted by atomic mass is 35.5. The second kappa shape index (κ2) is 9.88. The molecule has 0 saturated heterocycles. The van der Waals surface area contributed by atoms with E-state index in [0.29, 0.717) is 22.1 Å². The molecule has 0 aliphatic heterocycles. The monoisotopic (exact) mass is 457 g/mol. The van der Waals surface area contributed by atoms with Crippen LogP contribution in [0.15, 0.2) is 65.6 Å². The Morgan fingerprint density at radius 1 is 1.16 bits per heavy atom. The molecule has 2 amide bonds. The highest BCUT2D eigenvalue weighted by Gasteiger charge is 2.20. The van der Waals surface area contributed by atoms with Crippen molar-refractivity contribution in [3.63, 3.8) is 0 Å². The number of nitrogens with one attached hydrogen (secondary N) is 2. The number of aliphatic carboxylic acids is 1. The first kappa shape index (κ1) is 22.7. The van der Waals surface area contributed by atoms with Gasteiger partial charge in [-0.1, -0.05) is 35.9 Å². The largest absolute Gasteiger partial charge is 0.505 e. The number of para-hydroxylation sites is 1. The molecule has 10 heteroatoms. The van der Waals surface area contributed by atoms with Gasteiger partial charge in [-0.3, -0.25) is 9.59 Å². The van der Waals surface area contributed by atoms with Crippen LogP contribution in [0.5, 0.6) is 17.2 Å². The van der Waals surface area contributed by atoms with Crippen LogP contribution in [0.25, 0.3) is 0 Å². The molecule has 0 saturated carbocycles. The molecule has 0 aliphatic rings. The molecule has 0 spiro atoms. The van der Waals surface area contributed by atoms with Crippen LogP contribution in [-0.4, -0.2) is 26.8 Å². The van der Waals surface area contributed by atoms with Crippen molar-refractivity contribution in [2.24, 2.45) is 7.05 Å². The molecule has 2 aromatic carbocycles. The standard InChI is InChI=1S/C22H20ClN3O6/c1-26-10-9-17(27)20(21(26)30)25-22(31)24-16(12-19(28)29)13-5-4-6-14(11-13)32-18-8-3-2-7-15(18)23/h2-11,16,27H,12H2,1H3,(H,28,29)(H2,24,25,31)/t16-/m0/s1. The zero-order valence-corrected chi connectivity index (χ0v) is 17.7. The van der Waals surface area contributed by atoms with Gasteiger partial charge in [0.25, 0.3) is 5.56 Å². The van der Waals surface area contributed by atoms with Crippen molar-refractivity contribution < 1.29 is 24.5 Å². The summed E-state index contributed by atoms with van der Waals surface area (Å²) in [6.07, 6.45) is 0.917. The van der Waals surface area contributed by atoms with Crippen molar-refractivity contribution >= 4 is 29.3 Å². The Morgan fingerprint density at radius 3 is 2.62 bits per heavy atom. The van der Waals surface area contributed by atoms with Crippen molar-refractivity contribution in [3.05, 3.63) is 81.7 Å². The molecule has 0 aliphatic carbocycles. The summed E-state index contributed by atoms with van der Waals surface area (Å²) in [4.78, 5) is 36.0. The summed E-state index contributed by atoms with van der Waals surface area (Å²) in [7, 11) is 1.46. The maximum atomic E-state index is 12.5. The number of aromatic nitrogens is 1. The molecule has 1 heterocycles. The third kappa shape index (κ3) is 5.58. The van der Waals surface area contributed by atoms with E-state index < -0.39 is 35.8 Å². The van der Waals surface area contributed by atoms with Gasteiger partial charge in [-0.25, -0.2) is 4.79 Å². The van der Waals surface area contributed by atoms with Crippen LogP contribution in [-0.2, 0) is 11.8 Å². The summed E-state index contributed by atoms with van der Waals surface area (Å²) in [5.41, 5.74) is -0.486. The number of carboxylic acid groups (broad SMARTS) is 1. The maximum absolute atomic E-state index is 12.5. The molecule has 0 fully saturated rings. The van der Waals surface area contributed by atoms with E-state index in [1.54, 1.807) is 48.5 Å². The minimum atomic E-state index is -1.15. The van der Waals surface area contributed by atoms with E-state index in [-0.39, 0.29) is 5.69 Å². The summed E-state index contributed by atoms with van der Waals surface area (Å²) >= 11 is 6.11. The fraction of sp³-hybridized carbons (Fsp3) is 0.136. The lowest BCUT2D eigenvalue weighted by molar-refractivity contribution is -0.137. The van der Waals surface area contributed by atoms with Gasteiger partial charge in [0, 0.05) is 13.2 Å². The lowest BCUT2D eigenvalue weighted by atomic mass is 10.0. The number of urea groups is 1. The number of hydrogen-bond acceptors (Lipinski definition) is 5. The smallest absolute Gasteiger partial charge is 0.319 e. The Labute approximate surface area is 187 Å². The quantitative estimate of drug-likeness (QED) is 0.426. The van der Waals surface area contributed by atoms with Crippen LogP contribution in [0.2, 0.25) is 5.02 Å². The molecule has 32 heavy (non-hydrogen) atoms. The highest BCUT2D eigenvalue weighted by Crippen LogP contribution is 2.30. The number of benzene rings is 2. The molecule has 3 aromatic rings. The van der Waals surface area contributed by atoms with E-state index in [9.17, 15) is 24.6 Å². The second-order valence-corrected chi connectivity index (χ2v) is 7.25. The number of amides is 2. The Balaban J connectivity index is 1.82. The van der Waals surface area contributed by atoms with E-state index >= 15 is 0 Å². The first-order valence-corrected chi connectivity index (χ1v) is 9.82. The average Bonchev–Trinajstić information content (AvgIpc) is 2.75.